The number of nitrogens with one attached hydrogen (secondary N) is 2. The lowest BCUT2D eigenvalue weighted by Crippen LogP contribution is -2.22. The minimum Gasteiger partial charge on any atom is -0.493 e. The van der Waals surface area contributed by atoms with Crippen molar-refractivity contribution in [1.82, 2.24) is 25.3 Å². The molecular weight excluding hydrogens is 484 g/mol. The number of ether oxygens (including phenoxy) is 1. The number of benzene rings is 1. The van der Waals surface area contributed by atoms with Gasteiger partial charge in [0, 0.05) is 37.0 Å². The first kappa shape index (κ1) is 26.2. The van der Waals surface area contributed by atoms with Crippen molar-refractivity contribution in [2.45, 2.75) is 57.3 Å². The van der Waals surface area contributed by atoms with E-state index in [0.29, 0.717) is 24.2 Å². The Bertz CT molecular complexity index is 1250. The molecule has 0 bridgehead atoms. The second-order valence-corrected chi connectivity index (χ2v) is 9.00. The minimum absolute atomic E-state index is 0.0125. The molecule has 0 aliphatic heterocycles. The third-order valence-corrected chi connectivity index (χ3v) is 6.38. The van der Waals surface area contributed by atoms with Crippen LogP contribution < -0.4 is 15.6 Å². The summed E-state index contributed by atoms with van der Waals surface area (Å²) in [5.74, 6) is -1.76. The molecule has 3 aromatic rings. The van der Waals surface area contributed by atoms with E-state index in [0.717, 1.165) is 50.7 Å². The van der Waals surface area contributed by atoms with Crippen LogP contribution >= 0.6 is 0 Å². The maximum atomic E-state index is 15.3. The fourth-order valence-electron chi connectivity index (χ4n) is 4.61. The van der Waals surface area contributed by atoms with Gasteiger partial charge < -0.3 is 20.1 Å². The van der Waals surface area contributed by atoms with Gasteiger partial charge >= 0.3 is 6.09 Å². The molecule has 0 radical (unpaired) electrons. The third kappa shape index (κ3) is 6.66. The van der Waals surface area contributed by atoms with E-state index in [4.69, 9.17) is 9.84 Å². The van der Waals surface area contributed by atoms with Crippen molar-refractivity contribution >= 4 is 6.09 Å². The average Bonchev–Trinajstić information content (AvgIpc) is 3.16. The van der Waals surface area contributed by atoms with Crippen LogP contribution in [0.25, 0.3) is 22.6 Å². The van der Waals surface area contributed by atoms with Gasteiger partial charge in [-0.3, -0.25) is 9.78 Å². The van der Waals surface area contributed by atoms with Crippen LogP contribution in [-0.2, 0) is 0 Å². The van der Waals surface area contributed by atoms with E-state index in [1.54, 1.807) is 0 Å². The highest BCUT2D eigenvalue weighted by Crippen LogP contribution is 2.38. The van der Waals surface area contributed by atoms with Gasteiger partial charge in [-0.15, -0.1) is 0 Å². The number of hydrogen-bond donors (Lipinski definition) is 3. The Morgan fingerprint density at radius 1 is 1.08 bits per heavy atom. The quantitative estimate of drug-likeness (QED) is 0.270. The maximum absolute atomic E-state index is 15.3. The van der Waals surface area contributed by atoms with Crippen LogP contribution in [0.3, 0.4) is 0 Å². The second-order valence-electron chi connectivity index (χ2n) is 9.00. The second kappa shape index (κ2) is 12.4. The summed E-state index contributed by atoms with van der Waals surface area (Å²) >= 11 is 0. The van der Waals surface area contributed by atoms with E-state index in [1.165, 1.54) is 18.6 Å². The van der Waals surface area contributed by atoms with E-state index >= 15 is 8.78 Å². The summed E-state index contributed by atoms with van der Waals surface area (Å²) in [6.07, 6.45) is 9.90. The monoisotopic (exact) mass is 513 g/mol. The van der Waals surface area contributed by atoms with Crippen LogP contribution in [0.5, 0.6) is 5.75 Å². The Kier molecular flexibility index (Phi) is 8.76. The smallest absolute Gasteiger partial charge is 0.404 e. The number of amides is 1. The largest absolute Gasteiger partial charge is 0.493 e. The van der Waals surface area contributed by atoms with Crippen molar-refractivity contribution in [2.75, 3.05) is 13.2 Å². The molecule has 2 heterocycles. The van der Waals surface area contributed by atoms with Gasteiger partial charge in [0.2, 0.25) is 0 Å². The average molecular weight is 514 g/mol. The summed E-state index contributed by atoms with van der Waals surface area (Å²) in [7, 11) is 0. The minimum atomic E-state index is -1.11. The van der Waals surface area contributed by atoms with Gasteiger partial charge in [0.1, 0.15) is 23.1 Å². The SMILES string of the molecule is O=C(O)NCCCCOc1cc(F)c(-c2c(C3CCCCCC3)nc(-c3cnccn3)[nH]c2=O)c(F)c1. The number of carboxylic acid groups (broad SMARTS) is 1. The van der Waals surface area contributed by atoms with Crippen molar-refractivity contribution < 1.29 is 23.4 Å². The molecule has 1 aromatic carbocycles. The fourth-order valence-corrected chi connectivity index (χ4v) is 4.61. The number of nitrogens with zero attached hydrogens (tertiary/aromatic N) is 3. The standard InChI is InChI=1S/C26H29F2N5O4/c27-18-13-17(37-12-6-5-9-31-26(35)36)14-19(28)21(18)22-23(16-7-3-1-2-4-8-16)32-24(33-25(22)34)20-15-29-10-11-30-20/h10-11,13-16,31H,1-9,12H2,(H,35,36)(H,32,33,34). The molecule has 1 saturated carbocycles. The molecule has 1 aliphatic carbocycles. The van der Waals surface area contributed by atoms with Crippen LogP contribution in [0.1, 0.15) is 63.0 Å². The normalized spacial score (nSPS) is 14.2. The Morgan fingerprint density at radius 2 is 1.81 bits per heavy atom. The lowest BCUT2D eigenvalue weighted by atomic mass is 9.90. The highest BCUT2D eigenvalue weighted by Gasteiger charge is 2.27. The van der Waals surface area contributed by atoms with E-state index in [9.17, 15) is 9.59 Å². The van der Waals surface area contributed by atoms with Crippen LogP contribution in [0.15, 0.2) is 35.5 Å². The van der Waals surface area contributed by atoms with Gasteiger partial charge in [0.05, 0.1) is 29.6 Å². The number of halogens is 2. The number of hydrogen-bond acceptors (Lipinski definition) is 6. The molecule has 1 amide bonds. The molecule has 3 N–H and O–H groups in total. The number of rotatable bonds is 9. The lowest BCUT2D eigenvalue weighted by Gasteiger charge is -2.19. The predicted molar refractivity (Wildman–Crippen MR) is 132 cm³/mol. The fraction of sp³-hybridized carbons (Fsp3) is 0.423. The number of unbranched alkanes of at least 4 members (excludes halogenated alkanes) is 1. The Morgan fingerprint density at radius 3 is 2.46 bits per heavy atom. The zero-order valence-corrected chi connectivity index (χ0v) is 20.3. The first-order valence-corrected chi connectivity index (χ1v) is 12.4. The van der Waals surface area contributed by atoms with E-state index in [2.05, 4.69) is 25.3 Å². The van der Waals surface area contributed by atoms with Crippen LogP contribution in [0, 0.1) is 11.6 Å². The predicted octanol–water partition coefficient (Wildman–Crippen LogP) is 5.04. The Balaban J connectivity index is 1.66. The zero-order valence-electron chi connectivity index (χ0n) is 20.3. The molecule has 0 saturated heterocycles. The van der Waals surface area contributed by atoms with Gasteiger partial charge in [-0.1, -0.05) is 25.7 Å². The zero-order chi connectivity index (χ0) is 26.2. The van der Waals surface area contributed by atoms with Gasteiger partial charge in [0.15, 0.2) is 5.82 Å². The Hall–Kier alpha value is -3.89. The summed E-state index contributed by atoms with van der Waals surface area (Å²) in [4.78, 5) is 39.3. The van der Waals surface area contributed by atoms with E-state index < -0.39 is 28.9 Å². The summed E-state index contributed by atoms with van der Waals surface area (Å²) in [6, 6.07) is 2.11. The molecule has 0 spiro atoms. The number of H-pyrrole nitrogens is 1. The molecule has 37 heavy (non-hydrogen) atoms. The first-order valence-electron chi connectivity index (χ1n) is 12.4. The van der Waals surface area contributed by atoms with Crippen LogP contribution in [-0.4, -0.2) is 44.3 Å². The lowest BCUT2D eigenvalue weighted by molar-refractivity contribution is 0.194. The van der Waals surface area contributed by atoms with Crippen LogP contribution in [0.2, 0.25) is 0 Å². The van der Waals surface area contributed by atoms with Gasteiger partial charge in [-0.2, -0.15) is 0 Å². The van der Waals surface area contributed by atoms with Gasteiger partial charge in [0.25, 0.3) is 5.56 Å². The van der Waals surface area contributed by atoms with Crippen molar-refractivity contribution in [3.63, 3.8) is 0 Å². The highest BCUT2D eigenvalue weighted by molar-refractivity contribution is 5.69. The van der Waals surface area contributed by atoms with Gasteiger partial charge in [-0.25, -0.2) is 23.5 Å². The van der Waals surface area contributed by atoms with Crippen molar-refractivity contribution in [1.29, 1.82) is 0 Å². The molecule has 2 aromatic heterocycles. The summed E-state index contributed by atoms with van der Waals surface area (Å²) in [5, 5.41) is 10.8. The molecule has 11 heteroatoms. The van der Waals surface area contributed by atoms with E-state index in [-0.39, 0.29) is 36.2 Å². The number of aromatic nitrogens is 4. The number of aromatic amines is 1. The van der Waals surface area contributed by atoms with Crippen molar-refractivity contribution in [3.8, 4) is 28.4 Å². The summed E-state index contributed by atoms with van der Waals surface area (Å²) in [5.41, 5.74) is -0.460. The molecule has 9 nitrogen and oxygen atoms in total. The number of carbonyl (C=O) groups is 1. The third-order valence-electron chi connectivity index (χ3n) is 6.38. The molecule has 4 rings (SSSR count). The molecule has 1 fully saturated rings. The summed E-state index contributed by atoms with van der Waals surface area (Å²) < 4.78 is 36.2. The summed E-state index contributed by atoms with van der Waals surface area (Å²) in [6.45, 7) is 0.409. The molecule has 0 unspecified atom stereocenters. The van der Waals surface area contributed by atoms with Crippen LogP contribution in [0.4, 0.5) is 13.6 Å². The highest BCUT2D eigenvalue weighted by atomic mass is 19.1. The Labute approximate surface area is 212 Å². The van der Waals surface area contributed by atoms with Crippen molar-refractivity contribution in [3.05, 3.63) is 58.4 Å². The van der Waals surface area contributed by atoms with Gasteiger partial charge in [-0.05, 0) is 25.7 Å². The van der Waals surface area contributed by atoms with E-state index in [1.807, 2.05) is 0 Å². The first-order chi connectivity index (χ1) is 17.9. The topological polar surface area (TPSA) is 130 Å². The molecular formula is C26H29F2N5O4. The molecule has 0 atom stereocenters. The molecule has 196 valence electrons. The molecule has 1 aliphatic rings. The van der Waals surface area contributed by atoms with Crippen molar-refractivity contribution in [2.24, 2.45) is 0 Å². The maximum Gasteiger partial charge on any atom is 0.404 e.